The highest BCUT2D eigenvalue weighted by Gasteiger charge is 2.46. The lowest BCUT2D eigenvalue weighted by molar-refractivity contribution is 0.768. The maximum absolute atomic E-state index is 2.45. The number of rotatable bonds is 7. The number of fused-ring (bicyclic) bond motifs is 3. The predicted molar refractivity (Wildman–Crippen MR) is 224 cm³/mol. The first kappa shape index (κ1) is 32.7. The molecule has 0 aliphatic heterocycles. The van der Waals surface area contributed by atoms with E-state index in [1.165, 1.54) is 94.6 Å². The predicted octanol–water partition coefficient (Wildman–Crippen LogP) is 13.6. The zero-order chi connectivity index (χ0) is 35.9. The van der Waals surface area contributed by atoms with Gasteiger partial charge in [-0.2, -0.15) is 0 Å². The molecule has 0 saturated heterocycles. The molecule has 0 N–H and O–H groups in total. The number of hydrogen-bond donors (Lipinski definition) is 0. The smallest absolute Gasteiger partial charge is 0.0622 e. The highest BCUT2D eigenvalue weighted by atomic mass is 14.5. The Labute approximate surface area is 314 Å². The Morgan fingerprint density at radius 2 is 0.906 bits per heavy atom. The third kappa shape index (κ3) is 5.63. The van der Waals surface area contributed by atoms with Gasteiger partial charge in [0.2, 0.25) is 0 Å². The number of aryl methyl sites for hydroxylation is 3. The molecule has 1 aliphatic carbocycles. The van der Waals surface area contributed by atoms with Crippen LogP contribution in [-0.2, 0) is 11.8 Å². The zero-order valence-corrected chi connectivity index (χ0v) is 30.6. The van der Waals surface area contributed by atoms with Crippen molar-refractivity contribution in [3.8, 4) is 44.5 Å². The molecule has 0 nitrogen and oxygen atoms in total. The molecule has 254 valence electrons. The molecule has 0 fully saturated rings. The summed E-state index contributed by atoms with van der Waals surface area (Å²) in [6.45, 7) is 6.57. The third-order valence-electron chi connectivity index (χ3n) is 11.4. The molecule has 0 radical (unpaired) electrons. The second kappa shape index (κ2) is 13.4. The van der Waals surface area contributed by atoms with Crippen molar-refractivity contribution in [1.29, 1.82) is 0 Å². The fraction of sp³-hybridized carbons (Fsp3) is 0.0943. The van der Waals surface area contributed by atoms with Gasteiger partial charge in [-0.15, -0.1) is 0 Å². The van der Waals surface area contributed by atoms with Gasteiger partial charge in [0.05, 0.1) is 5.41 Å². The summed E-state index contributed by atoms with van der Waals surface area (Å²) < 4.78 is 0. The SMILES string of the molecule is Cc1ccc(-c2ccc3c(c2)C(c2ccccc2)(c2ccc(Cc4ccc(-c5cccc(C)c5-c5ccccc5C)cc4)cc2)c2ccccc2-3)cc1. The van der Waals surface area contributed by atoms with Crippen molar-refractivity contribution in [3.63, 3.8) is 0 Å². The van der Waals surface area contributed by atoms with Crippen LogP contribution in [0.3, 0.4) is 0 Å². The van der Waals surface area contributed by atoms with Crippen LogP contribution >= 0.6 is 0 Å². The Kier molecular flexibility index (Phi) is 8.25. The van der Waals surface area contributed by atoms with Gasteiger partial charge in [-0.25, -0.2) is 0 Å². The Morgan fingerprint density at radius 3 is 1.64 bits per heavy atom. The molecule has 53 heavy (non-hydrogen) atoms. The van der Waals surface area contributed by atoms with Crippen LogP contribution in [0.15, 0.2) is 188 Å². The Bertz CT molecular complexity index is 2570. The lowest BCUT2D eigenvalue weighted by Crippen LogP contribution is -2.28. The van der Waals surface area contributed by atoms with Crippen LogP contribution in [0.1, 0.15) is 50.1 Å². The first-order chi connectivity index (χ1) is 26.0. The molecule has 8 aromatic rings. The average Bonchev–Trinajstić information content (AvgIpc) is 3.50. The van der Waals surface area contributed by atoms with E-state index in [9.17, 15) is 0 Å². The molecule has 9 rings (SSSR count). The largest absolute Gasteiger partial charge is 0.0713 e. The van der Waals surface area contributed by atoms with Crippen molar-refractivity contribution in [1.82, 2.24) is 0 Å². The Balaban J connectivity index is 1.09. The molecule has 1 atom stereocenters. The first-order valence-corrected chi connectivity index (χ1v) is 18.7. The van der Waals surface area contributed by atoms with Crippen molar-refractivity contribution >= 4 is 0 Å². The molecular formula is C53H42. The van der Waals surface area contributed by atoms with Gasteiger partial charge < -0.3 is 0 Å². The normalized spacial score (nSPS) is 14.5. The molecule has 8 aromatic carbocycles. The van der Waals surface area contributed by atoms with Gasteiger partial charge in [0, 0.05) is 0 Å². The van der Waals surface area contributed by atoms with Gasteiger partial charge in [-0.1, -0.05) is 188 Å². The molecule has 0 heterocycles. The van der Waals surface area contributed by atoms with E-state index in [1.807, 2.05) is 0 Å². The van der Waals surface area contributed by atoms with Crippen LogP contribution in [0.25, 0.3) is 44.5 Å². The van der Waals surface area contributed by atoms with Gasteiger partial charge in [0.1, 0.15) is 0 Å². The summed E-state index contributed by atoms with van der Waals surface area (Å²) in [5.74, 6) is 0. The maximum atomic E-state index is 2.45. The lowest BCUT2D eigenvalue weighted by atomic mass is 9.67. The molecule has 0 amide bonds. The van der Waals surface area contributed by atoms with Crippen LogP contribution in [0.5, 0.6) is 0 Å². The van der Waals surface area contributed by atoms with Gasteiger partial charge in [0.15, 0.2) is 0 Å². The van der Waals surface area contributed by atoms with E-state index in [0.29, 0.717) is 0 Å². The molecule has 0 saturated carbocycles. The second-order valence-electron chi connectivity index (χ2n) is 14.7. The summed E-state index contributed by atoms with van der Waals surface area (Å²) in [6, 6.07) is 70.1. The molecule has 0 heteroatoms. The highest BCUT2D eigenvalue weighted by molar-refractivity contribution is 5.89. The lowest BCUT2D eigenvalue weighted by Gasteiger charge is -2.34. The Hall–Kier alpha value is -6.24. The van der Waals surface area contributed by atoms with Crippen LogP contribution in [0, 0.1) is 20.8 Å². The highest BCUT2D eigenvalue weighted by Crippen LogP contribution is 2.56. The molecule has 0 bridgehead atoms. The van der Waals surface area contributed by atoms with Crippen LogP contribution in [-0.4, -0.2) is 0 Å². The fourth-order valence-electron chi connectivity index (χ4n) is 8.71. The quantitative estimate of drug-likeness (QED) is 0.157. The summed E-state index contributed by atoms with van der Waals surface area (Å²) in [5, 5.41) is 0. The summed E-state index contributed by atoms with van der Waals surface area (Å²) in [7, 11) is 0. The summed E-state index contributed by atoms with van der Waals surface area (Å²) >= 11 is 0. The van der Waals surface area contributed by atoms with Crippen molar-refractivity contribution in [2.45, 2.75) is 32.6 Å². The van der Waals surface area contributed by atoms with Crippen LogP contribution < -0.4 is 0 Å². The van der Waals surface area contributed by atoms with E-state index in [0.717, 1.165) is 6.42 Å². The van der Waals surface area contributed by atoms with E-state index in [1.54, 1.807) is 0 Å². The molecule has 1 aliphatic rings. The second-order valence-corrected chi connectivity index (χ2v) is 14.7. The van der Waals surface area contributed by atoms with Crippen molar-refractivity contribution < 1.29 is 0 Å². The minimum atomic E-state index is -0.434. The summed E-state index contributed by atoms with van der Waals surface area (Å²) in [4.78, 5) is 0. The molecule has 0 aromatic heterocycles. The van der Waals surface area contributed by atoms with Gasteiger partial charge in [-0.05, 0) is 122 Å². The van der Waals surface area contributed by atoms with Gasteiger partial charge in [0.25, 0.3) is 0 Å². The minimum Gasteiger partial charge on any atom is -0.0622 e. The first-order valence-electron chi connectivity index (χ1n) is 18.7. The molecule has 0 spiro atoms. The van der Waals surface area contributed by atoms with E-state index in [4.69, 9.17) is 0 Å². The Morgan fingerprint density at radius 1 is 0.358 bits per heavy atom. The average molecular weight is 679 g/mol. The van der Waals surface area contributed by atoms with Crippen LogP contribution in [0.4, 0.5) is 0 Å². The van der Waals surface area contributed by atoms with E-state index < -0.39 is 5.41 Å². The molecular weight excluding hydrogens is 637 g/mol. The van der Waals surface area contributed by atoms with E-state index >= 15 is 0 Å². The van der Waals surface area contributed by atoms with Gasteiger partial charge in [-0.3, -0.25) is 0 Å². The van der Waals surface area contributed by atoms with Crippen LogP contribution in [0.2, 0.25) is 0 Å². The number of hydrogen-bond acceptors (Lipinski definition) is 0. The van der Waals surface area contributed by atoms with Crippen molar-refractivity contribution in [2.75, 3.05) is 0 Å². The summed E-state index contributed by atoms with van der Waals surface area (Å²) in [6.07, 6.45) is 0.877. The number of benzene rings is 8. The zero-order valence-electron chi connectivity index (χ0n) is 30.6. The van der Waals surface area contributed by atoms with Crippen molar-refractivity contribution in [2.24, 2.45) is 0 Å². The minimum absolute atomic E-state index is 0.434. The molecule has 1 unspecified atom stereocenters. The maximum Gasteiger partial charge on any atom is 0.0713 e. The standard InChI is InChI=1S/C53H42/c1-36-20-26-41(27-21-36)43-30-33-49-48-17-9-10-19-50(48)53(51(49)35-43,44-14-5-4-6-15-44)45-31-24-40(25-32-45)34-39-22-28-42(29-23-39)47-18-11-13-38(3)52(47)46-16-8-7-12-37(46)2/h4-33,35H,34H2,1-3H3. The van der Waals surface area contributed by atoms with E-state index in [-0.39, 0.29) is 0 Å². The fourth-order valence-corrected chi connectivity index (χ4v) is 8.71. The monoisotopic (exact) mass is 678 g/mol. The third-order valence-corrected chi connectivity index (χ3v) is 11.4. The topological polar surface area (TPSA) is 0 Å². The van der Waals surface area contributed by atoms with Crippen molar-refractivity contribution in [3.05, 3.63) is 238 Å². The van der Waals surface area contributed by atoms with E-state index in [2.05, 4.69) is 209 Å². The summed E-state index contributed by atoms with van der Waals surface area (Å²) in [5.41, 5.74) is 21.6. The van der Waals surface area contributed by atoms with Gasteiger partial charge >= 0.3 is 0 Å².